The summed E-state index contributed by atoms with van der Waals surface area (Å²) in [5.41, 5.74) is 0.507. The Bertz CT molecular complexity index is 1420. The van der Waals surface area contributed by atoms with Crippen molar-refractivity contribution in [3.05, 3.63) is 84.4 Å². The molecule has 0 saturated heterocycles. The first kappa shape index (κ1) is 31.5. The summed E-state index contributed by atoms with van der Waals surface area (Å²) in [5, 5.41) is 2.97. The van der Waals surface area contributed by atoms with Crippen molar-refractivity contribution < 1.29 is 27.5 Å². The fourth-order valence-electron chi connectivity index (χ4n) is 4.38. The summed E-state index contributed by atoms with van der Waals surface area (Å²) < 4.78 is 39.7. The van der Waals surface area contributed by atoms with E-state index < -0.39 is 34.1 Å². The van der Waals surface area contributed by atoms with Crippen LogP contribution in [0, 0.1) is 0 Å². The van der Waals surface area contributed by atoms with Crippen LogP contribution in [0.1, 0.15) is 39.7 Å². The van der Waals surface area contributed by atoms with E-state index in [4.69, 9.17) is 9.47 Å². The van der Waals surface area contributed by atoms with Gasteiger partial charge in [-0.1, -0.05) is 55.5 Å². The number of hydrogen-bond acceptors (Lipinski definition) is 6. The Balaban J connectivity index is 2.10. The minimum atomic E-state index is -4.19. The number of carbonyl (C=O) groups is 2. The monoisotopic (exact) mass is 581 g/mol. The second kappa shape index (κ2) is 13.5. The van der Waals surface area contributed by atoms with Crippen molar-refractivity contribution in [2.24, 2.45) is 0 Å². The molecule has 9 nitrogen and oxygen atoms in total. The Labute approximate surface area is 243 Å². The van der Waals surface area contributed by atoms with Gasteiger partial charge in [-0.05, 0) is 57.0 Å². The molecule has 2 amide bonds. The number of rotatable bonds is 12. The average molecular weight is 582 g/mol. The van der Waals surface area contributed by atoms with Gasteiger partial charge in [-0.2, -0.15) is 0 Å². The molecule has 0 aliphatic rings. The van der Waals surface area contributed by atoms with Crippen molar-refractivity contribution in [3.63, 3.8) is 0 Å². The molecule has 3 rings (SSSR count). The van der Waals surface area contributed by atoms with Crippen LogP contribution in [0.5, 0.6) is 11.5 Å². The number of amides is 2. The number of carbonyl (C=O) groups excluding carboxylic acids is 2. The highest BCUT2D eigenvalue weighted by molar-refractivity contribution is 7.92. The predicted molar refractivity (Wildman–Crippen MR) is 159 cm³/mol. The third-order valence-corrected chi connectivity index (χ3v) is 8.13. The van der Waals surface area contributed by atoms with Gasteiger partial charge in [0.1, 0.15) is 12.6 Å². The van der Waals surface area contributed by atoms with Crippen LogP contribution in [-0.4, -0.2) is 57.5 Å². The third kappa shape index (κ3) is 8.00. The van der Waals surface area contributed by atoms with Crippen LogP contribution in [0.3, 0.4) is 0 Å². The van der Waals surface area contributed by atoms with Crippen LogP contribution < -0.4 is 19.1 Å². The molecule has 0 radical (unpaired) electrons. The van der Waals surface area contributed by atoms with Gasteiger partial charge in [0.2, 0.25) is 11.8 Å². The molecule has 1 unspecified atom stereocenters. The highest BCUT2D eigenvalue weighted by Gasteiger charge is 2.34. The van der Waals surface area contributed by atoms with Gasteiger partial charge < -0.3 is 19.7 Å². The van der Waals surface area contributed by atoms with Crippen molar-refractivity contribution in [3.8, 4) is 11.5 Å². The number of sulfonamides is 1. The van der Waals surface area contributed by atoms with Crippen molar-refractivity contribution >= 4 is 27.5 Å². The number of hydrogen-bond donors (Lipinski definition) is 1. The van der Waals surface area contributed by atoms with Crippen LogP contribution in [0.25, 0.3) is 0 Å². The zero-order valence-corrected chi connectivity index (χ0v) is 25.3. The zero-order valence-electron chi connectivity index (χ0n) is 24.5. The number of ether oxygens (including phenoxy) is 2. The van der Waals surface area contributed by atoms with E-state index in [-0.39, 0.29) is 23.0 Å². The maximum absolute atomic E-state index is 14.1. The van der Waals surface area contributed by atoms with E-state index in [1.165, 1.54) is 37.3 Å². The summed E-state index contributed by atoms with van der Waals surface area (Å²) >= 11 is 0. The first-order valence-electron chi connectivity index (χ1n) is 13.4. The maximum Gasteiger partial charge on any atom is 0.264 e. The fourth-order valence-corrected chi connectivity index (χ4v) is 5.81. The lowest BCUT2D eigenvalue weighted by atomic mass is 10.1. The van der Waals surface area contributed by atoms with E-state index in [1.807, 2.05) is 58.0 Å². The molecule has 10 heteroatoms. The first-order valence-corrected chi connectivity index (χ1v) is 14.8. The molecule has 41 heavy (non-hydrogen) atoms. The standard InChI is InChI=1S/C31H39N3O6S/c1-7-26(30(36)32-31(2,3)4)33(21-23-14-10-8-11-15-23)29(35)22-34(41(37,38)25-16-12-9-13-17-25)24-18-19-27(39-5)28(20-24)40-6/h8-20,26H,7,21-22H2,1-6H3,(H,32,36). The van der Waals surface area contributed by atoms with E-state index >= 15 is 0 Å². The highest BCUT2D eigenvalue weighted by atomic mass is 32.2. The van der Waals surface area contributed by atoms with Gasteiger partial charge in [0.25, 0.3) is 10.0 Å². The van der Waals surface area contributed by atoms with Crippen LogP contribution >= 0.6 is 0 Å². The van der Waals surface area contributed by atoms with Gasteiger partial charge >= 0.3 is 0 Å². The second-order valence-electron chi connectivity index (χ2n) is 10.5. The quantitative estimate of drug-likeness (QED) is 0.335. The molecule has 0 bridgehead atoms. The topological polar surface area (TPSA) is 105 Å². The van der Waals surface area contributed by atoms with E-state index in [0.717, 1.165) is 9.87 Å². The molecule has 0 saturated carbocycles. The Morgan fingerprint density at radius 2 is 1.46 bits per heavy atom. The van der Waals surface area contributed by atoms with E-state index in [1.54, 1.807) is 30.3 Å². The lowest BCUT2D eigenvalue weighted by Crippen LogP contribution is -2.55. The molecule has 0 aliphatic heterocycles. The van der Waals surface area contributed by atoms with Gasteiger partial charge in [-0.3, -0.25) is 13.9 Å². The van der Waals surface area contributed by atoms with Gasteiger partial charge in [-0.25, -0.2) is 8.42 Å². The predicted octanol–water partition coefficient (Wildman–Crippen LogP) is 4.62. The summed E-state index contributed by atoms with van der Waals surface area (Å²) in [6.07, 6.45) is 0.336. The molecule has 0 aliphatic carbocycles. The molecule has 220 valence electrons. The maximum atomic E-state index is 14.1. The van der Waals surface area contributed by atoms with E-state index in [2.05, 4.69) is 5.32 Å². The van der Waals surface area contributed by atoms with Gasteiger partial charge in [0.05, 0.1) is 24.8 Å². The molecule has 0 fully saturated rings. The van der Waals surface area contributed by atoms with Crippen molar-refractivity contribution in [1.82, 2.24) is 10.2 Å². The molecule has 3 aromatic rings. The summed E-state index contributed by atoms with van der Waals surface area (Å²) in [6.45, 7) is 7.01. The molecule has 1 atom stereocenters. The minimum absolute atomic E-state index is 0.0229. The largest absolute Gasteiger partial charge is 0.493 e. The molecule has 1 N–H and O–H groups in total. The van der Waals surface area contributed by atoms with Crippen LogP contribution in [0.15, 0.2) is 83.8 Å². The smallest absolute Gasteiger partial charge is 0.264 e. The average Bonchev–Trinajstić information content (AvgIpc) is 2.95. The van der Waals surface area contributed by atoms with E-state index in [9.17, 15) is 18.0 Å². The molecular weight excluding hydrogens is 542 g/mol. The SMILES string of the molecule is CCC(C(=O)NC(C)(C)C)N(Cc1ccccc1)C(=O)CN(c1ccc(OC)c(OC)c1)S(=O)(=O)c1ccccc1. The number of nitrogens with zero attached hydrogens (tertiary/aromatic N) is 2. The third-order valence-electron chi connectivity index (χ3n) is 6.35. The number of methoxy groups -OCH3 is 2. The summed E-state index contributed by atoms with van der Waals surface area (Å²) in [4.78, 5) is 29.0. The van der Waals surface area contributed by atoms with Gasteiger partial charge in [0.15, 0.2) is 11.5 Å². The molecule has 0 aromatic heterocycles. The van der Waals surface area contributed by atoms with Crippen molar-refractivity contribution in [1.29, 1.82) is 0 Å². The molecular formula is C31H39N3O6S. The van der Waals surface area contributed by atoms with Crippen LogP contribution in [0.2, 0.25) is 0 Å². The first-order chi connectivity index (χ1) is 19.4. The minimum Gasteiger partial charge on any atom is -0.493 e. The molecule has 0 heterocycles. The highest BCUT2D eigenvalue weighted by Crippen LogP contribution is 2.34. The molecule has 0 spiro atoms. The fraction of sp³-hybridized carbons (Fsp3) is 0.355. The Kier molecular flexibility index (Phi) is 10.4. The van der Waals surface area contributed by atoms with Crippen LogP contribution in [-0.2, 0) is 26.2 Å². The Morgan fingerprint density at radius 3 is 2.00 bits per heavy atom. The second-order valence-corrected chi connectivity index (χ2v) is 12.4. The normalized spacial score (nSPS) is 12.2. The number of benzene rings is 3. The van der Waals surface area contributed by atoms with Crippen molar-refractivity contribution in [2.75, 3.05) is 25.1 Å². The lowest BCUT2D eigenvalue weighted by Gasteiger charge is -2.34. The Morgan fingerprint density at radius 1 is 0.878 bits per heavy atom. The summed E-state index contributed by atoms with van der Waals surface area (Å²) in [6, 6.07) is 21.0. The van der Waals surface area contributed by atoms with E-state index in [0.29, 0.717) is 17.9 Å². The molecule has 3 aromatic carbocycles. The number of anilines is 1. The summed E-state index contributed by atoms with van der Waals surface area (Å²) in [5.74, 6) is -0.120. The van der Waals surface area contributed by atoms with Gasteiger partial charge in [0, 0.05) is 18.2 Å². The van der Waals surface area contributed by atoms with Gasteiger partial charge in [-0.15, -0.1) is 0 Å². The zero-order chi connectivity index (χ0) is 30.2. The van der Waals surface area contributed by atoms with Crippen LogP contribution in [0.4, 0.5) is 5.69 Å². The van der Waals surface area contributed by atoms with Crippen molar-refractivity contribution in [2.45, 2.75) is 57.1 Å². The summed E-state index contributed by atoms with van der Waals surface area (Å²) in [7, 11) is -1.26. The number of nitrogens with one attached hydrogen (secondary N) is 1. The lowest BCUT2D eigenvalue weighted by molar-refractivity contribution is -0.141. The Hall–Kier alpha value is -4.05.